The molecule has 0 aliphatic heterocycles. The number of thioether (sulfide) groups is 1. The number of aromatic hydroxyl groups is 1. The second-order valence-corrected chi connectivity index (χ2v) is 8.93. The number of anilines is 1. The molecule has 0 bridgehead atoms. The van der Waals surface area contributed by atoms with Crippen LogP contribution in [0, 0.1) is 5.92 Å². The van der Waals surface area contributed by atoms with E-state index in [1.807, 2.05) is 25.3 Å². The van der Waals surface area contributed by atoms with Gasteiger partial charge in [0, 0.05) is 5.69 Å². The molecule has 2 atom stereocenters. The van der Waals surface area contributed by atoms with Crippen LogP contribution in [0.5, 0.6) is 5.75 Å². The van der Waals surface area contributed by atoms with Crippen LogP contribution in [-0.2, 0) is 16.0 Å². The highest BCUT2D eigenvalue weighted by molar-refractivity contribution is 7.98. The Balaban J connectivity index is 2.03. The smallest absolute Gasteiger partial charge is 0.246 e. The van der Waals surface area contributed by atoms with E-state index in [0.29, 0.717) is 18.0 Å². The topological polar surface area (TPSA) is 78.4 Å². The van der Waals surface area contributed by atoms with Gasteiger partial charge >= 0.3 is 0 Å². The first kappa shape index (κ1) is 23.8. The van der Waals surface area contributed by atoms with Crippen LogP contribution < -0.4 is 10.6 Å². The van der Waals surface area contributed by atoms with Crippen LogP contribution in [-0.4, -0.2) is 35.0 Å². The molecule has 6 heteroatoms. The van der Waals surface area contributed by atoms with Crippen molar-refractivity contribution in [2.24, 2.45) is 5.92 Å². The molecule has 0 spiro atoms. The van der Waals surface area contributed by atoms with E-state index in [0.717, 1.165) is 17.7 Å². The van der Waals surface area contributed by atoms with Crippen LogP contribution in [0.4, 0.5) is 5.69 Å². The van der Waals surface area contributed by atoms with E-state index in [4.69, 9.17) is 0 Å². The normalized spacial score (nSPS) is 13.0. The van der Waals surface area contributed by atoms with Gasteiger partial charge in [0.2, 0.25) is 11.8 Å². The highest BCUT2D eigenvalue weighted by atomic mass is 32.2. The molecule has 0 aliphatic carbocycles. The summed E-state index contributed by atoms with van der Waals surface area (Å²) in [5.74, 6) is 0.693. The molecular formula is C24H32N2O3S. The Morgan fingerprint density at radius 2 is 1.60 bits per heavy atom. The fraction of sp³-hybridized carbons (Fsp3) is 0.417. The van der Waals surface area contributed by atoms with Gasteiger partial charge in [0.05, 0.1) is 5.92 Å². The van der Waals surface area contributed by atoms with E-state index < -0.39 is 6.04 Å². The number of benzene rings is 2. The predicted octanol–water partition coefficient (Wildman–Crippen LogP) is 4.57. The van der Waals surface area contributed by atoms with Crippen LogP contribution in [0.3, 0.4) is 0 Å². The summed E-state index contributed by atoms with van der Waals surface area (Å²) in [4.78, 5) is 25.6. The zero-order valence-electron chi connectivity index (χ0n) is 18.1. The number of rotatable bonds is 10. The van der Waals surface area contributed by atoms with Crippen molar-refractivity contribution >= 4 is 29.3 Å². The molecule has 2 amide bonds. The number of phenolic OH excluding ortho intramolecular Hbond substituents is 1. The van der Waals surface area contributed by atoms with E-state index in [2.05, 4.69) is 36.6 Å². The van der Waals surface area contributed by atoms with Crippen molar-refractivity contribution in [1.82, 2.24) is 5.32 Å². The molecule has 3 N–H and O–H groups in total. The van der Waals surface area contributed by atoms with Gasteiger partial charge in [-0.05, 0) is 73.1 Å². The summed E-state index contributed by atoms with van der Waals surface area (Å²) < 4.78 is 0. The van der Waals surface area contributed by atoms with Crippen LogP contribution in [0.2, 0.25) is 0 Å². The Hall–Kier alpha value is -2.47. The minimum absolute atomic E-state index is 0.133. The zero-order chi connectivity index (χ0) is 22.1. The average molecular weight is 429 g/mol. The minimum Gasteiger partial charge on any atom is -0.508 e. The molecular weight excluding hydrogens is 396 g/mol. The van der Waals surface area contributed by atoms with Crippen molar-refractivity contribution in [2.45, 2.75) is 45.6 Å². The maximum Gasteiger partial charge on any atom is 0.246 e. The summed E-state index contributed by atoms with van der Waals surface area (Å²) in [6, 6.07) is 13.8. The van der Waals surface area contributed by atoms with Crippen molar-refractivity contribution in [3.8, 4) is 5.75 Å². The summed E-state index contributed by atoms with van der Waals surface area (Å²) >= 11 is 1.63. The van der Waals surface area contributed by atoms with Gasteiger partial charge in [-0.1, -0.05) is 38.1 Å². The van der Waals surface area contributed by atoms with Crippen LogP contribution in [0.25, 0.3) is 0 Å². The summed E-state index contributed by atoms with van der Waals surface area (Å²) in [6.45, 7) is 6.22. The highest BCUT2D eigenvalue weighted by Gasteiger charge is 2.24. The Morgan fingerprint density at radius 3 is 2.17 bits per heavy atom. The molecule has 0 saturated heterocycles. The second kappa shape index (κ2) is 11.6. The van der Waals surface area contributed by atoms with E-state index in [1.54, 1.807) is 23.9 Å². The van der Waals surface area contributed by atoms with Gasteiger partial charge in [0.1, 0.15) is 11.8 Å². The van der Waals surface area contributed by atoms with Crippen molar-refractivity contribution < 1.29 is 14.7 Å². The van der Waals surface area contributed by atoms with Crippen molar-refractivity contribution in [2.75, 3.05) is 17.3 Å². The molecule has 0 heterocycles. The van der Waals surface area contributed by atoms with Crippen molar-refractivity contribution in [3.05, 3.63) is 59.7 Å². The third-order valence-electron chi connectivity index (χ3n) is 4.90. The van der Waals surface area contributed by atoms with E-state index in [9.17, 15) is 14.7 Å². The van der Waals surface area contributed by atoms with Crippen LogP contribution in [0.1, 0.15) is 44.2 Å². The fourth-order valence-corrected chi connectivity index (χ4v) is 3.61. The maximum atomic E-state index is 12.9. The number of carbonyl (C=O) groups is 2. The minimum atomic E-state index is -0.624. The van der Waals surface area contributed by atoms with Gasteiger partial charge in [-0.3, -0.25) is 9.59 Å². The van der Waals surface area contributed by atoms with Gasteiger partial charge in [0.15, 0.2) is 0 Å². The van der Waals surface area contributed by atoms with E-state index in [-0.39, 0.29) is 23.5 Å². The molecule has 0 aromatic heterocycles. The fourth-order valence-electron chi connectivity index (χ4n) is 3.14. The van der Waals surface area contributed by atoms with E-state index in [1.165, 1.54) is 17.7 Å². The SMILES string of the molecule is CSCCC(NC(=O)C(C)c1ccc(CC(C)C)cc1)C(=O)Nc1ccc(O)cc1. The number of hydrogen-bond donors (Lipinski definition) is 3. The molecule has 2 aromatic rings. The molecule has 0 radical (unpaired) electrons. The Bertz CT molecular complexity index is 819. The Morgan fingerprint density at radius 1 is 0.967 bits per heavy atom. The summed E-state index contributed by atoms with van der Waals surface area (Å²) in [5, 5.41) is 15.1. The molecule has 2 rings (SSSR count). The van der Waals surface area contributed by atoms with Gasteiger partial charge in [-0.25, -0.2) is 0 Å². The lowest BCUT2D eigenvalue weighted by Gasteiger charge is -2.21. The largest absolute Gasteiger partial charge is 0.508 e. The second-order valence-electron chi connectivity index (χ2n) is 7.94. The Labute approximate surface area is 183 Å². The lowest BCUT2D eigenvalue weighted by molar-refractivity contribution is -0.127. The molecule has 0 saturated carbocycles. The van der Waals surface area contributed by atoms with Gasteiger partial charge in [0.25, 0.3) is 0 Å². The molecule has 0 fully saturated rings. The highest BCUT2D eigenvalue weighted by Crippen LogP contribution is 2.19. The number of carbonyl (C=O) groups excluding carboxylic acids is 2. The summed E-state index contributed by atoms with van der Waals surface area (Å²) in [6.07, 6.45) is 3.52. The lowest BCUT2D eigenvalue weighted by atomic mass is 9.96. The van der Waals surface area contributed by atoms with Gasteiger partial charge < -0.3 is 15.7 Å². The predicted molar refractivity (Wildman–Crippen MR) is 125 cm³/mol. The average Bonchev–Trinajstić information content (AvgIpc) is 2.72. The summed E-state index contributed by atoms with van der Waals surface area (Å²) in [5.41, 5.74) is 2.77. The number of nitrogens with one attached hydrogen (secondary N) is 2. The molecule has 0 aliphatic rings. The molecule has 5 nitrogen and oxygen atoms in total. The molecule has 162 valence electrons. The van der Waals surface area contributed by atoms with Gasteiger partial charge in [-0.15, -0.1) is 0 Å². The third kappa shape index (κ3) is 7.41. The Kier molecular flexibility index (Phi) is 9.24. The number of phenols is 1. The van der Waals surface area contributed by atoms with Crippen molar-refractivity contribution in [1.29, 1.82) is 0 Å². The van der Waals surface area contributed by atoms with Crippen LogP contribution in [0.15, 0.2) is 48.5 Å². The zero-order valence-corrected chi connectivity index (χ0v) is 19.0. The first-order chi connectivity index (χ1) is 14.3. The quantitative estimate of drug-likeness (QED) is 0.484. The van der Waals surface area contributed by atoms with Crippen molar-refractivity contribution in [3.63, 3.8) is 0 Å². The number of amides is 2. The molecule has 2 aromatic carbocycles. The standard InChI is InChI=1S/C24H32N2O3S/c1-16(2)15-18-5-7-19(8-6-18)17(3)23(28)26-22(13-14-30-4)24(29)25-20-9-11-21(27)12-10-20/h5-12,16-17,22,27H,13-15H2,1-4H3,(H,25,29)(H,26,28). The van der Waals surface area contributed by atoms with E-state index >= 15 is 0 Å². The van der Waals surface area contributed by atoms with Gasteiger partial charge in [-0.2, -0.15) is 11.8 Å². The first-order valence-electron chi connectivity index (χ1n) is 10.3. The van der Waals surface area contributed by atoms with Crippen LogP contribution >= 0.6 is 11.8 Å². The first-order valence-corrected chi connectivity index (χ1v) is 11.7. The molecule has 2 unspecified atom stereocenters. The number of hydrogen-bond acceptors (Lipinski definition) is 4. The lowest BCUT2D eigenvalue weighted by Crippen LogP contribution is -2.45. The monoisotopic (exact) mass is 428 g/mol. The third-order valence-corrected chi connectivity index (χ3v) is 5.54. The maximum absolute atomic E-state index is 12.9. The molecule has 30 heavy (non-hydrogen) atoms. The summed E-state index contributed by atoms with van der Waals surface area (Å²) in [7, 11) is 0.